The van der Waals surface area contributed by atoms with E-state index in [9.17, 15) is 4.79 Å². The van der Waals surface area contributed by atoms with Crippen LogP contribution in [0, 0.1) is 13.8 Å². The van der Waals surface area contributed by atoms with Gasteiger partial charge in [-0.1, -0.05) is 18.2 Å². The molecule has 4 heteroatoms. The van der Waals surface area contributed by atoms with Gasteiger partial charge in [-0.3, -0.25) is 9.78 Å². The number of nitrogens with zero attached hydrogens (tertiary/aromatic N) is 1. The number of aryl methyl sites for hydroxylation is 1. The van der Waals surface area contributed by atoms with E-state index in [-0.39, 0.29) is 18.1 Å². The summed E-state index contributed by atoms with van der Waals surface area (Å²) in [4.78, 5) is 16.7. The third kappa shape index (κ3) is 3.59. The van der Waals surface area contributed by atoms with Crippen LogP contribution in [0.3, 0.4) is 0 Å². The summed E-state index contributed by atoms with van der Waals surface area (Å²) < 4.78 is 5.83. The fourth-order valence-corrected chi connectivity index (χ4v) is 2.99. The van der Waals surface area contributed by atoms with Crippen LogP contribution < -0.4 is 5.32 Å². The predicted molar refractivity (Wildman–Crippen MR) is 89.3 cm³/mol. The second-order valence-electron chi connectivity index (χ2n) is 6.09. The molecule has 1 aromatic carbocycles. The SMILES string of the molecule is Cc1cccc(C(=O)N[C@@H]2CCO[C@@H](c3cccnc3)C2)c1C. The van der Waals surface area contributed by atoms with Gasteiger partial charge in [0.25, 0.3) is 5.91 Å². The molecule has 120 valence electrons. The minimum atomic E-state index is 0.00126. The number of aromatic nitrogens is 1. The number of hydrogen-bond donors (Lipinski definition) is 1. The minimum absolute atomic E-state index is 0.00126. The highest BCUT2D eigenvalue weighted by molar-refractivity contribution is 5.96. The smallest absolute Gasteiger partial charge is 0.251 e. The highest BCUT2D eigenvalue weighted by Crippen LogP contribution is 2.27. The van der Waals surface area contributed by atoms with Gasteiger partial charge in [0.1, 0.15) is 0 Å². The standard InChI is InChI=1S/C19H22N2O2/c1-13-5-3-7-17(14(13)2)19(22)21-16-8-10-23-18(11-16)15-6-4-9-20-12-15/h3-7,9,12,16,18H,8,10-11H2,1-2H3,(H,21,22)/t16-,18-/m1/s1. The van der Waals surface area contributed by atoms with Crippen molar-refractivity contribution in [2.45, 2.75) is 38.8 Å². The monoisotopic (exact) mass is 310 g/mol. The van der Waals surface area contributed by atoms with Crippen LogP contribution in [0.25, 0.3) is 0 Å². The largest absolute Gasteiger partial charge is 0.373 e. The van der Waals surface area contributed by atoms with Crippen LogP contribution in [-0.2, 0) is 4.74 Å². The number of hydrogen-bond acceptors (Lipinski definition) is 3. The average molecular weight is 310 g/mol. The van der Waals surface area contributed by atoms with Crippen LogP contribution in [0.5, 0.6) is 0 Å². The Kier molecular flexibility index (Phi) is 4.72. The molecule has 1 aliphatic heterocycles. The molecule has 0 aliphatic carbocycles. The fraction of sp³-hybridized carbons (Fsp3) is 0.368. The van der Waals surface area contributed by atoms with Crippen LogP contribution in [0.15, 0.2) is 42.7 Å². The molecule has 1 aliphatic rings. The number of pyridine rings is 1. The molecule has 0 unspecified atom stereocenters. The van der Waals surface area contributed by atoms with Crippen molar-refractivity contribution < 1.29 is 9.53 Å². The summed E-state index contributed by atoms with van der Waals surface area (Å²) >= 11 is 0. The predicted octanol–water partition coefficient (Wildman–Crippen LogP) is 3.35. The zero-order chi connectivity index (χ0) is 16.2. The minimum Gasteiger partial charge on any atom is -0.373 e. The Morgan fingerprint density at radius 3 is 2.91 bits per heavy atom. The van der Waals surface area contributed by atoms with Gasteiger partial charge in [0.15, 0.2) is 0 Å². The second-order valence-corrected chi connectivity index (χ2v) is 6.09. The molecular weight excluding hydrogens is 288 g/mol. The van der Waals surface area contributed by atoms with E-state index in [1.807, 2.05) is 50.4 Å². The molecule has 1 N–H and O–H groups in total. The zero-order valence-electron chi connectivity index (χ0n) is 13.6. The third-order valence-electron chi connectivity index (χ3n) is 4.52. The topological polar surface area (TPSA) is 51.2 Å². The number of rotatable bonds is 3. The molecule has 0 spiro atoms. The lowest BCUT2D eigenvalue weighted by molar-refractivity contribution is 0.000721. The quantitative estimate of drug-likeness (QED) is 0.946. The van der Waals surface area contributed by atoms with E-state index in [2.05, 4.69) is 10.3 Å². The van der Waals surface area contributed by atoms with E-state index >= 15 is 0 Å². The normalized spacial score (nSPS) is 21.0. The van der Waals surface area contributed by atoms with Crippen LogP contribution in [-0.4, -0.2) is 23.5 Å². The van der Waals surface area contributed by atoms with E-state index < -0.39 is 0 Å². The summed E-state index contributed by atoms with van der Waals surface area (Å²) in [5.74, 6) is 0.00281. The molecule has 0 saturated carbocycles. The van der Waals surface area contributed by atoms with Crippen molar-refractivity contribution in [3.05, 3.63) is 65.0 Å². The van der Waals surface area contributed by atoms with Crippen LogP contribution >= 0.6 is 0 Å². The van der Waals surface area contributed by atoms with Crippen molar-refractivity contribution in [1.82, 2.24) is 10.3 Å². The average Bonchev–Trinajstić information content (AvgIpc) is 2.58. The van der Waals surface area contributed by atoms with Crippen molar-refractivity contribution in [1.29, 1.82) is 0 Å². The van der Waals surface area contributed by atoms with E-state index in [4.69, 9.17) is 4.74 Å². The molecule has 0 radical (unpaired) electrons. The number of carbonyl (C=O) groups is 1. The molecule has 1 fully saturated rings. The Balaban J connectivity index is 1.68. The summed E-state index contributed by atoms with van der Waals surface area (Å²) in [7, 11) is 0. The maximum absolute atomic E-state index is 12.6. The molecule has 23 heavy (non-hydrogen) atoms. The zero-order valence-corrected chi connectivity index (χ0v) is 13.6. The van der Waals surface area contributed by atoms with Gasteiger partial charge in [0.2, 0.25) is 0 Å². The van der Waals surface area contributed by atoms with Crippen molar-refractivity contribution in [3.63, 3.8) is 0 Å². The summed E-state index contributed by atoms with van der Waals surface area (Å²) in [6.07, 6.45) is 5.21. The Morgan fingerprint density at radius 1 is 1.26 bits per heavy atom. The second kappa shape index (κ2) is 6.92. The van der Waals surface area contributed by atoms with Crippen molar-refractivity contribution >= 4 is 5.91 Å². The molecular formula is C19H22N2O2. The van der Waals surface area contributed by atoms with Gasteiger partial charge in [0.05, 0.1) is 6.10 Å². The molecule has 1 saturated heterocycles. The van der Waals surface area contributed by atoms with Gasteiger partial charge in [-0.15, -0.1) is 0 Å². The highest BCUT2D eigenvalue weighted by Gasteiger charge is 2.25. The van der Waals surface area contributed by atoms with E-state index in [0.717, 1.165) is 35.1 Å². The first-order valence-corrected chi connectivity index (χ1v) is 8.04. The van der Waals surface area contributed by atoms with Gasteiger partial charge in [-0.05, 0) is 55.5 Å². The Morgan fingerprint density at radius 2 is 2.13 bits per heavy atom. The molecule has 3 rings (SSSR count). The van der Waals surface area contributed by atoms with Crippen LogP contribution in [0.4, 0.5) is 0 Å². The maximum atomic E-state index is 12.6. The fourth-order valence-electron chi connectivity index (χ4n) is 2.99. The van der Waals surface area contributed by atoms with Gasteiger partial charge in [-0.2, -0.15) is 0 Å². The van der Waals surface area contributed by atoms with Crippen molar-refractivity contribution in [2.75, 3.05) is 6.61 Å². The molecule has 0 bridgehead atoms. The number of ether oxygens (including phenoxy) is 1. The van der Waals surface area contributed by atoms with Crippen LogP contribution in [0.2, 0.25) is 0 Å². The Labute approximate surface area is 136 Å². The molecule has 2 aromatic rings. The van der Waals surface area contributed by atoms with Gasteiger partial charge < -0.3 is 10.1 Å². The number of carbonyl (C=O) groups excluding carboxylic acids is 1. The number of amides is 1. The van der Waals surface area contributed by atoms with E-state index in [1.165, 1.54) is 0 Å². The maximum Gasteiger partial charge on any atom is 0.251 e. The van der Waals surface area contributed by atoms with Gasteiger partial charge >= 0.3 is 0 Å². The molecule has 2 atom stereocenters. The molecule has 2 heterocycles. The number of nitrogens with one attached hydrogen (secondary N) is 1. The van der Waals surface area contributed by atoms with Crippen LogP contribution in [0.1, 0.15) is 46.0 Å². The van der Waals surface area contributed by atoms with E-state index in [1.54, 1.807) is 6.20 Å². The molecule has 4 nitrogen and oxygen atoms in total. The van der Waals surface area contributed by atoms with Gasteiger partial charge in [0, 0.05) is 30.6 Å². The molecule has 1 aromatic heterocycles. The first-order valence-electron chi connectivity index (χ1n) is 8.04. The lowest BCUT2D eigenvalue weighted by Gasteiger charge is -2.30. The molecule has 1 amide bonds. The van der Waals surface area contributed by atoms with E-state index in [0.29, 0.717) is 6.61 Å². The lowest BCUT2D eigenvalue weighted by Crippen LogP contribution is -2.40. The number of benzene rings is 1. The third-order valence-corrected chi connectivity index (χ3v) is 4.52. The van der Waals surface area contributed by atoms with Gasteiger partial charge in [-0.25, -0.2) is 0 Å². The Hall–Kier alpha value is -2.20. The summed E-state index contributed by atoms with van der Waals surface area (Å²) in [6, 6.07) is 9.90. The summed E-state index contributed by atoms with van der Waals surface area (Å²) in [5.41, 5.74) is 4.01. The first kappa shape index (κ1) is 15.7. The van der Waals surface area contributed by atoms with Crippen molar-refractivity contribution in [3.8, 4) is 0 Å². The summed E-state index contributed by atoms with van der Waals surface area (Å²) in [5, 5.41) is 3.16. The van der Waals surface area contributed by atoms with Crippen molar-refractivity contribution in [2.24, 2.45) is 0 Å². The first-order chi connectivity index (χ1) is 11.1. The Bertz CT molecular complexity index is 685. The lowest BCUT2D eigenvalue weighted by atomic mass is 9.97. The summed E-state index contributed by atoms with van der Waals surface area (Å²) in [6.45, 7) is 4.67. The highest BCUT2D eigenvalue weighted by atomic mass is 16.5.